The second-order valence-electron chi connectivity index (χ2n) is 12.4. The smallest absolute Gasteiger partial charge is 0.342 e. The van der Waals surface area contributed by atoms with E-state index >= 15 is 0 Å². The molecule has 0 saturated carbocycles. The summed E-state index contributed by atoms with van der Waals surface area (Å²) in [5, 5.41) is 45.0. The molecule has 0 unspecified atom stereocenters. The number of amides is 1. The number of aliphatic hydroxyl groups is 2. The van der Waals surface area contributed by atoms with Gasteiger partial charge in [-0.05, 0) is 49.7 Å². The standard InChI is InChI=1S/C31H47NO10/c1-15(2)11-24(39-7)27(36)28(37)32-29(40-8)22-9-10-31(5,6)25(41-22)14-20(34)17(4)23-12-18-16(3)19(33)13-21(35)26(18)30(38)42-23/h13,17,20,22-25,27,29,33-36H,1,9-12,14H2,2-8H3,(H,32,37)/t17-,20+,22+,23-,24+,25-,27+,29+/m1/s1. The van der Waals surface area contributed by atoms with Gasteiger partial charge in [-0.15, -0.1) is 6.58 Å². The van der Waals surface area contributed by atoms with Gasteiger partial charge < -0.3 is 44.7 Å². The first-order chi connectivity index (χ1) is 19.6. The van der Waals surface area contributed by atoms with E-state index < -0.39 is 60.6 Å². The summed E-state index contributed by atoms with van der Waals surface area (Å²) in [5.41, 5.74) is 1.48. The highest BCUT2D eigenvalue weighted by atomic mass is 16.6. The van der Waals surface area contributed by atoms with Crippen LogP contribution in [0.4, 0.5) is 0 Å². The number of benzene rings is 1. The fraction of sp³-hybridized carbons (Fsp3) is 0.677. The zero-order valence-electron chi connectivity index (χ0n) is 25.7. The first-order valence-electron chi connectivity index (χ1n) is 14.4. The van der Waals surface area contributed by atoms with Crippen molar-refractivity contribution >= 4 is 11.9 Å². The molecule has 3 rings (SSSR count). The Morgan fingerprint density at radius 3 is 2.45 bits per heavy atom. The number of carbonyl (C=O) groups is 2. The summed E-state index contributed by atoms with van der Waals surface area (Å²) in [5.74, 6) is -2.29. The van der Waals surface area contributed by atoms with E-state index in [0.717, 1.165) is 18.1 Å². The Hall–Kier alpha value is -2.70. The van der Waals surface area contributed by atoms with Crippen molar-refractivity contribution in [3.05, 3.63) is 34.9 Å². The Morgan fingerprint density at radius 2 is 1.86 bits per heavy atom. The highest BCUT2D eigenvalue weighted by Gasteiger charge is 2.44. The van der Waals surface area contributed by atoms with Crippen LogP contribution >= 0.6 is 0 Å². The molecule has 1 amide bonds. The van der Waals surface area contributed by atoms with E-state index in [9.17, 15) is 30.0 Å². The molecule has 0 aliphatic carbocycles. The number of carbonyl (C=O) groups excluding carboxylic acids is 2. The fourth-order valence-corrected chi connectivity index (χ4v) is 5.80. The summed E-state index contributed by atoms with van der Waals surface area (Å²) in [7, 11) is 2.87. The van der Waals surface area contributed by atoms with Crippen LogP contribution in [0.3, 0.4) is 0 Å². The van der Waals surface area contributed by atoms with E-state index in [1.54, 1.807) is 20.8 Å². The maximum Gasteiger partial charge on any atom is 0.342 e. The van der Waals surface area contributed by atoms with Crippen LogP contribution in [0.15, 0.2) is 18.2 Å². The first-order valence-corrected chi connectivity index (χ1v) is 14.4. The molecule has 0 bridgehead atoms. The minimum atomic E-state index is -1.43. The van der Waals surface area contributed by atoms with Gasteiger partial charge in [0.15, 0.2) is 12.3 Å². The van der Waals surface area contributed by atoms with Gasteiger partial charge in [-0.3, -0.25) is 4.79 Å². The van der Waals surface area contributed by atoms with Gasteiger partial charge in [0.2, 0.25) is 0 Å². The molecular formula is C31H47NO10. The van der Waals surface area contributed by atoms with Crippen LogP contribution in [0.1, 0.15) is 74.9 Å². The van der Waals surface area contributed by atoms with Gasteiger partial charge in [-0.2, -0.15) is 0 Å². The Labute approximate surface area is 247 Å². The number of methoxy groups -OCH3 is 2. The van der Waals surface area contributed by atoms with Crippen molar-refractivity contribution in [3.8, 4) is 11.5 Å². The highest BCUT2D eigenvalue weighted by Crippen LogP contribution is 2.41. The van der Waals surface area contributed by atoms with Crippen molar-refractivity contribution in [2.24, 2.45) is 11.3 Å². The molecule has 0 spiro atoms. The summed E-state index contributed by atoms with van der Waals surface area (Å²) in [6.45, 7) is 13.1. The van der Waals surface area contributed by atoms with Crippen LogP contribution < -0.4 is 5.32 Å². The molecule has 11 heteroatoms. The van der Waals surface area contributed by atoms with Crippen molar-refractivity contribution in [2.45, 2.75) is 110 Å². The number of phenolic OH excluding ortho intramolecular Hbond substituents is 2. The van der Waals surface area contributed by atoms with E-state index in [2.05, 4.69) is 11.9 Å². The van der Waals surface area contributed by atoms with Crippen LogP contribution in [-0.2, 0) is 30.2 Å². The quantitative estimate of drug-likeness (QED) is 0.138. The van der Waals surface area contributed by atoms with Crippen molar-refractivity contribution in [3.63, 3.8) is 0 Å². The van der Waals surface area contributed by atoms with Crippen molar-refractivity contribution in [1.29, 1.82) is 0 Å². The van der Waals surface area contributed by atoms with Gasteiger partial charge in [-0.25, -0.2) is 4.79 Å². The minimum absolute atomic E-state index is 0.0389. The number of esters is 1. The molecule has 1 saturated heterocycles. The molecular weight excluding hydrogens is 546 g/mol. The molecule has 0 aromatic heterocycles. The number of nitrogens with one attached hydrogen (secondary N) is 1. The largest absolute Gasteiger partial charge is 0.508 e. The average molecular weight is 594 g/mol. The van der Waals surface area contributed by atoms with Gasteiger partial charge >= 0.3 is 5.97 Å². The van der Waals surface area contributed by atoms with Gasteiger partial charge in [-0.1, -0.05) is 26.3 Å². The topological polar surface area (TPSA) is 164 Å². The van der Waals surface area contributed by atoms with Crippen LogP contribution in [0.5, 0.6) is 11.5 Å². The third kappa shape index (κ3) is 7.44. The maximum atomic E-state index is 12.8. The molecule has 42 heavy (non-hydrogen) atoms. The first kappa shape index (κ1) is 33.8. The van der Waals surface area contributed by atoms with E-state index in [-0.39, 0.29) is 35.3 Å². The average Bonchev–Trinajstić information content (AvgIpc) is 2.92. The number of cyclic esters (lactones) is 1. The highest BCUT2D eigenvalue weighted by molar-refractivity contribution is 5.96. The van der Waals surface area contributed by atoms with Crippen LogP contribution in [0.2, 0.25) is 0 Å². The normalized spacial score (nSPS) is 25.4. The molecule has 11 nitrogen and oxygen atoms in total. The lowest BCUT2D eigenvalue weighted by Gasteiger charge is -2.45. The number of phenols is 2. The van der Waals surface area contributed by atoms with Crippen molar-refractivity contribution in [2.75, 3.05) is 14.2 Å². The third-order valence-electron chi connectivity index (χ3n) is 8.82. The summed E-state index contributed by atoms with van der Waals surface area (Å²) >= 11 is 0. The number of ether oxygens (including phenoxy) is 4. The molecule has 1 fully saturated rings. The van der Waals surface area contributed by atoms with E-state index in [1.807, 2.05) is 13.8 Å². The maximum absolute atomic E-state index is 12.8. The fourth-order valence-electron chi connectivity index (χ4n) is 5.80. The van der Waals surface area contributed by atoms with E-state index in [0.29, 0.717) is 24.0 Å². The monoisotopic (exact) mass is 593 g/mol. The summed E-state index contributed by atoms with van der Waals surface area (Å²) < 4.78 is 22.9. The molecule has 2 heterocycles. The number of fused-ring (bicyclic) bond motifs is 1. The van der Waals surface area contributed by atoms with Gasteiger partial charge in [0.25, 0.3) is 5.91 Å². The zero-order chi connectivity index (χ0) is 31.5. The molecule has 1 aromatic rings. The van der Waals surface area contributed by atoms with Gasteiger partial charge in [0.1, 0.15) is 29.3 Å². The lowest BCUT2D eigenvalue weighted by atomic mass is 9.75. The van der Waals surface area contributed by atoms with Crippen molar-refractivity contribution in [1.82, 2.24) is 5.32 Å². The molecule has 2 aliphatic heterocycles. The molecule has 0 radical (unpaired) electrons. The minimum Gasteiger partial charge on any atom is -0.508 e. The lowest BCUT2D eigenvalue weighted by molar-refractivity contribution is -0.183. The summed E-state index contributed by atoms with van der Waals surface area (Å²) in [6.07, 6.45) is -3.51. The summed E-state index contributed by atoms with van der Waals surface area (Å²) in [4.78, 5) is 25.6. The second kappa shape index (κ2) is 13.7. The number of aromatic hydroxyl groups is 2. The Morgan fingerprint density at radius 1 is 1.19 bits per heavy atom. The predicted octanol–water partition coefficient (Wildman–Crippen LogP) is 2.88. The molecule has 236 valence electrons. The predicted molar refractivity (Wildman–Crippen MR) is 154 cm³/mol. The van der Waals surface area contributed by atoms with Crippen LogP contribution in [0, 0.1) is 18.3 Å². The Kier molecular flexibility index (Phi) is 11.0. The number of aliphatic hydroxyl groups excluding tert-OH is 2. The van der Waals surface area contributed by atoms with E-state index in [1.165, 1.54) is 14.2 Å². The van der Waals surface area contributed by atoms with Crippen LogP contribution in [-0.4, -0.2) is 89.4 Å². The SMILES string of the molecule is C=C(C)C[C@H](OC)[C@H](O)C(=O)N[C@@H](OC)[C@@H]1CCC(C)(C)[C@@H](C[C@H](O)[C@@H](C)[C@H]2Cc3c(C)c(O)cc(O)c3C(=O)O2)O1. The van der Waals surface area contributed by atoms with E-state index in [4.69, 9.17) is 18.9 Å². The number of hydrogen-bond donors (Lipinski definition) is 5. The third-order valence-corrected chi connectivity index (χ3v) is 8.82. The molecule has 5 N–H and O–H groups in total. The molecule has 2 aliphatic rings. The summed E-state index contributed by atoms with van der Waals surface area (Å²) in [6, 6.07) is 1.13. The van der Waals surface area contributed by atoms with Crippen LogP contribution in [0.25, 0.3) is 0 Å². The zero-order valence-corrected chi connectivity index (χ0v) is 25.7. The van der Waals surface area contributed by atoms with Gasteiger partial charge in [0, 0.05) is 39.0 Å². The molecule has 1 aromatic carbocycles. The van der Waals surface area contributed by atoms with Crippen molar-refractivity contribution < 1.29 is 49.0 Å². The number of hydrogen-bond acceptors (Lipinski definition) is 10. The Balaban J connectivity index is 1.69. The lowest BCUT2D eigenvalue weighted by Crippen LogP contribution is -2.55. The second-order valence-corrected chi connectivity index (χ2v) is 12.4. The van der Waals surface area contributed by atoms with Gasteiger partial charge in [0.05, 0.1) is 18.3 Å². The Bertz CT molecular complexity index is 1150. The molecule has 8 atom stereocenters. The number of rotatable bonds is 12.